The Kier molecular flexibility index (Phi) is 4.81. The maximum absolute atomic E-state index is 13.3. The molecular formula is C25H18BrN3O. The van der Waals surface area contributed by atoms with Crippen molar-refractivity contribution in [1.29, 1.82) is 0 Å². The van der Waals surface area contributed by atoms with Gasteiger partial charge < -0.3 is 9.88 Å². The van der Waals surface area contributed by atoms with E-state index >= 15 is 0 Å². The highest BCUT2D eigenvalue weighted by Crippen LogP contribution is 2.26. The van der Waals surface area contributed by atoms with Gasteiger partial charge in [0.05, 0.1) is 11.0 Å². The number of carbonyl (C=O) groups is 1. The highest BCUT2D eigenvalue weighted by atomic mass is 79.9. The molecule has 0 spiro atoms. The van der Waals surface area contributed by atoms with Gasteiger partial charge in [0.15, 0.2) is 0 Å². The minimum absolute atomic E-state index is 0.145. The number of nitrogens with one attached hydrogen (secondary N) is 1. The quantitative estimate of drug-likeness (QED) is 0.347. The number of hydrogen-bond acceptors (Lipinski definition) is 2. The molecule has 5 heteroatoms. The molecule has 0 atom stereocenters. The Bertz CT molecular complexity index is 1380. The van der Waals surface area contributed by atoms with E-state index in [0.29, 0.717) is 12.2 Å². The lowest BCUT2D eigenvalue weighted by atomic mass is 10.2. The molecule has 5 rings (SSSR count). The zero-order valence-corrected chi connectivity index (χ0v) is 17.6. The summed E-state index contributed by atoms with van der Waals surface area (Å²) in [6.45, 7) is 0.614. The topological polar surface area (TPSA) is 46.9 Å². The first-order chi connectivity index (χ1) is 14.7. The van der Waals surface area contributed by atoms with E-state index in [2.05, 4.69) is 49.0 Å². The maximum Gasteiger partial charge on any atom is 0.272 e. The summed E-state index contributed by atoms with van der Waals surface area (Å²) < 4.78 is 3.04. The molecule has 1 N–H and O–H groups in total. The second kappa shape index (κ2) is 7.76. The van der Waals surface area contributed by atoms with Gasteiger partial charge in [0.1, 0.15) is 5.69 Å². The second-order valence-electron chi connectivity index (χ2n) is 7.17. The van der Waals surface area contributed by atoms with E-state index in [0.717, 1.165) is 37.5 Å². The third-order valence-corrected chi connectivity index (χ3v) is 5.64. The van der Waals surface area contributed by atoms with Crippen molar-refractivity contribution in [1.82, 2.24) is 9.55 Å². The standard InChI is InChI=1S/C25H18BrN3O/c26-20-10-8-19-13-24(29(23(19)14-20)16-17-5-2-1-3-6-17)25(30)28-21-11-9-18-7-4-12-27-22(18)15-21/h1-15H,16H2,(H,28,30). The fourth-order valence-electron chi connectivity index (χ4n) is 3.69. The number of anilines is 1. The summed E-state index contributed by atoms with van der Waals surface area (Å²) in [7, 11) is 0. The fraction of sp³-hybridized carbons (Fsp3) is 0.0400. The van der Waals surface area contributed by atoms with Crippen LogP contribution in [0.25, 0.3) is 21.8 Å². The summed E-state index contributed by atoms with van der Waals surface area (Å²) in [6.07, 6.45) is 1.75. The van der Waals surface area contributed by atoms with Crippen molar-refractivity contribution in [3.63, 3.8) is 0 Å². The van der Waals surface area contributed by atoms with Crippen molar-refractivity contribution >= 4 is 49.3 Å². The van der Waals surface area contributed by atoms with E-state index in [9.17, 15) is 4.79 Å². The molecule has 0 saturated heterocycles. The molecule has 2 aromatic heterocycles. The summed E-state index contributed by atoms with van der Waals surface area (Å²) in [5, 5.41) is 5.11. The van der Waals surface area contributed by atoms with Crippen molar-refractivity contribution in [3.05, 3.63) is 107 Å². The molecule has 0 bridgehead atoms. The lowest BCUT2D eigenvalue weighted by Crippen LogP contribution is -2.17. The SMILES string of the molecule is O=C(Nc1ccc2cccnc2c1)c1cc2ccc(Br)cc2n1Cc1ccccc1. The fourth-order valence-corrected chi connectivity index (χ4v) is 4.04. The molecule has 5 aromatic rings. The molecule has 1 amide bonds. The third-order valence-electron chi connectivity index (χ3n) is 5.15. The van der Waals surface area contributed by atoms with Gasteiger partial charge in [-0.1, -0.05) is 64.5 Å². The molecule has 0 unspecified atom stereocenters. The highest BCUT2D eigenvalue weighted by Gasteiger charge is 2.17. The van der Waals surface area contributed by atoms with Gasteiger partial charge in [-0.15, -0.1) is 0 Å². The highest BCUT2D eigenvalue weighted by molar-refractivity contribution is 9.10. The molecule has 3 aromatic carbocycles. The van der Waals surface area contributed by atoms with Crippen molar-refractivity contribution in [2.75, 3.05) is 5.32 Å². The van der Waals surface area contributed by atoms with Crippen LogP contribution < -0.4 is 5.32 Å². The monoisotopic (exact) mass is 455 g/mol. The van der Waals surface area contributed by atoms with Gasteiger partial charge in [0.2, 0.25) is 0 Å². The summed E-state index contributed by atoms with van der Waals surface area (Å²) in [4.78, 5) is 17.6. The van der Waals surface area contributed by atoms with Gasteiger partial charge in [-0.25, -0.2) is 0 Å². The lowest BCUT2D eigenvalue weighted by molar-refractivity contribution is 0.101. The van der Waals surface area contributed by atoms with E-state index in [4.69, 9.17) is 0 Å². The van der Waals surface area contributed by atoms with Crippen molar-refractivity contribution < 1.29 is 4.79 Å². The first-order valence-electron chi connectivity index (χ1n) is 9.66. The Morgan fingerprint density at radius 1 is 0.900 bits per heavy atom. The number of carbonyl (C=O) groups excluding carboxylic acids is 1. The number of hydrogen-bond donors (Lipinski definition) is 1. The Hall–Kier alpha value is -3.44. The van der Waals surface area contributed by atoms with Gasteiger partial charge in [0, 0.05) is 33.7 Å². The van der Waals surface area contributed by atoms with Gasteiger partial charge in [-0.2, -0.15) is 0 Å². The van der Waals surface area contributed by atoms with E-state index in [-0.39, 0.29) is 5.91 Å². The van der Waals surface area contributed by atoms with Crippen LogP contribution in [0.1, 0.15) is 16.1 Å². The number of aromatic nitrogens is 2. The van der Waals surface area contributed by atoms with Crippen LogP contribution in [0.3, 0.4) is 0 Å². The summed E-state index contributed by atoms with van der Waals surface area (Å²) in [5.74, 6) is -0.145. The number of nitrogens with zero attached hydrogens (tertiary/aromatic N) is 2. The van der Waals surface area contributed by atoms with Crippen LogP contribution in [-0.4, -0.2) is 15.5 Å². The molecule has 0 aliphatic rings. The van der Waals surface area contributed by atoms with Gasteiger partial charge in [0.25, 0.3) is 5.91 Å². The van der Waals surface area contributed by atoms with Crippen LogP contribution in [-0.2, 0) is 6.54 Å². The third kappa shape index (κ3) is 3.60. The molecule has 0 radical (unpaired) electrons. The lowest BCUT2D eigenvalue weighted by Gasteiger charge is -2.12. The number of rotatable bonds is 4. The maximum atomic E-state index is 13.3. The van der Waals surface area contributed by atoms with Crippen LogP contribution in [0.4, 0.5) is 5.69 Å². The largest absolute Gasteiger partial charge is 0.332 e. The normalized spacial score (nSPS) is 11.1. The zero-order chi connectivity index (χ0) is 20.5. The number of halogens is 1. The molecular weight excluding hydrogens is 438 g/mol. The summed E-state index contributed by atoms with van der Waals surface area (Å²) >= 11 is 3.55. The van der Waals surface area contributed by atoms with E-state index in [1.807, 2.05) is 66.7 Å². The van der Waals surface area contributed by atoms with Crippen molar-refractivity contribution in [3.8, 4) is 0 Å². The molecule has 0 aliphatic heterocycles. The molecule has 30 heavy (non-hydrogen) atoms. The first kappa shape index (κ1) is 18.6. The Labute approximate surface area is 182 Å². The van der Waals surface area contributed by atoms with Crippen LogP contribution in [0.15, 0.2) is 95.6 Å². The smallest absolute Gasteiger partial charge is 0.272 e. The van der Waals surface area contributed by atoms with Gasteiger partial charge >= 0.3 is 0 Å². The van der Waals surface area contributed by atoms with Crippen molar-refractivity contribution in [2.45, 2.75) is 6.54 Å². The number of amides is 1. The van der Waals surface area contributed by atoms with Gasteiger partial charge in [-0.05, 0) is 42.0 Å². The predicted molar refractivity (Wildman–Crippen MR) is 125 cm³/mol. The number of fused-ring (bicyclic) bond motifs is 2. The van der Waals surface area contributed by atoms with Crippen LogP contribution in [0.5, 0.6) is 0 Å². The van der Waals surface area contributed by atoms with Crippen LogP contribution >= 0.6 is 15.9 Å². The predicted octanol–water partition coefficient (Wildman–Crippen LogP) is 6.25. The summed E-state index contributed by atoms with van der Waals surface area (Å²) in [6, 6.07) is 27.8. The molecule has 0 saturated carbocycles. The van der Waals surface area contributed by atoms with E-state index in [1.165, 1.54) is 0 Å². The first-order valence-corrected chi connectivity index (χ1v) is 10.5. The van der Waals surface area contributed by atoms with Gasteiger partial charge in [-0.3, -0.25) is 9.78 Å². The molecule has 146 valence electrons. The van der Waals surface area contributed by atoms with Crippen LogP contribution in [0, 0.1) is 0 Å². The van der Waals surface area contributed by atoms with E-state index in [1.54, 1.807) is 6.20 Å². The minimum Gasteiger partial charge on any atom is -0.332 e. The Morgan fingerprint density at radius 3 is 2.60 bits per heavy atom. The molecule has 2 heterocycles. The average Bonchev–Trinajstić information content (AvgIpc) is 3.12. The number of benzene rings is 3. The zero-order valence-electron chi connectivity index (χ0n) is 16.0. The molecule has 0 fully saturated rings. The second-order valence-corrected chi connectivity index (χ2v) is 8.09. The number of pyridine rings is 1. The summed E-state index contributed by atoms with van der Waals surface area (Å²) in [5.41, 5.74) is 4.35. The van der Waals surface area contributed by atoms with Crippen molar-refractivity contribution in [2.24, 2.45) is 0 Å². The molecule has 0 aliphatic carbocycles. The molecule has 4 nitrogen and oxygen atoms in total. The Morgan fingerprint density at radius 2 is 1.73 bits per heavy atom. The minimum atomic E-state index is -0.145. The van der Waals surface area contributed by atoms with Crippen LogP contribution in [0.2, 0.25) is 0 Å². The van der Waals surface area contributed by atoms with E-state index < -0.39 is 0 Å². The average molecular weight is 456 g/mol. The Balaban J connectivity index is 1.54.